The van der Waals surface area contributed by atoms with Gasteiger partial charge in [-0.05, 0) is 61.6 Å². The Morgan fingerprint density at radius 2 is 1.90 bits per heavy atom. The van der Waals surface area contributed by atoms with E-state index in [0.717, 1.165) is 36.1 Å². The molecule has 3 rings (SSSR count). The highest BCUT2D eigenvalue weighted by Crippen LogP contribution is 2.43. The summed E-state index contributed by atoms with van der Waals surface area (Å²) in [5.74, 6) is 0.242. The average molecular weight is 446 g/mol. The number of phosphoric ester groups is 1. The normalized spacial score (nSPS) is 21.9. The van der Waals surface area contributed by atoms with Gasteiger partial charge >= 0.3 is 7.82 Å². The molecule has 2 atom stereocenters. The van der Waals surface area contributed by atoms with Crippen LogP contribution < -0.4 is 5.73 Å². The number of nitrogens with two attached hydrogens (primary N) is 1. The topological polar surface area (TPSA) is 114 Å². The number of phosphoric acid groups is 1. The van der Waals surface area contributed by atoms with E-state index in [1.165, 1.54) is 5.56 Å². The van der Waals surface area contributed by atoms with Crippen molar-refractivity contribution in [3.63, 3.8) is 0 Å². The van der Waals surface area contributed by atoms with Crippen molar-refractivity contribution in [1.29, 1.82) is 0 Å². The van der Waals surface area contributed by atoms with E-state index in [2.05, 4.69) is 33.9 Å². The molecule has 0 saturated heterocycles. The van der Waals surface area contributed by atoms with Crippen molar-refractivity contribution >= 4 is 13.5 Å². The van der Waals surface area contributed by atoms with Gasteiger partial charge in [0.15, 0.2) is 0 Å². The standard InChI is InChI=1S/C23H31N2O5P/c1-18(25-29-15-5-8-19-6-3-2-4-7-19)20-9-11-21(12-10-20)22-13-14-23(24,16-22)17-30-31(26,27)28/h2-4,6-7,9-12,22H,5,8,13-17,24H2,1H3,(H2,26,27,28)/t22-,23+/m0/s1. The quantitative estimate of drug-likeness (QED) is 0.219. The fraction of sp³-hybridized carbons (Fsp3) is 0.435. The molecule has 7 nitrogen and oxygen atoms in total. The summed E-state index contributed by atoms with van der Waals surface area (Å²) < 4.78 is 15.6. The predicted octanol–water partition coefficient (Wildman–Crippen LogP) is 4.13. The van der Waals surface area contributed by atoms with Crippen LogP contribution in [0.5, 0.6) is 0 Å². The van der Waals surface area contributed by atoms with Gasteiger partial charge in [-0.2, -0.15) is 0 Å². The van der Waals surface area contributed by atoms with Crippen LogP contribution in [-0.4, -0.2) is 34.3 Å². The first-order valence-electron chi connectivity index (χ1n) is 10.5. The highest BCUT2D eigenvalue weighted by atomic mass is 31.2. The van der Waals surface area contributed by atoms with Crippen LogP contribution in [0.25, 0.3) is 0 Å². The summed E-state index contributed by atoms with van der Waals surface area (Å²) in [6.07, 6.45) is 4.03. The summed E-state index contributed by atoms with van der Waals surface area (Å²) in [5, 5.41) is 4.23. The Hall–Kier alpha value is -2.02. The molecular formula is C23H31N2O5P. The van der Waals surface area contributed by atoms with E-state index in [4.69, 9.17) is 20.4 Å². The minimum absolute atomic E-state index is 0.140. The highest BCUT2D eigenvalue weighted by molar-refractivity contribution is 7.46. The summed E-state index contributed by atoms with van der Waals surface area (Å²) in [6, 6.07) is 18.5. The Balaban J connectivity index is 1.47. The van der Waals surface area contributed by atoms with Gasteiger partial charge in [-0.25, -0.2) is 4.57 Å². The number of hydrogen-bond donors (Lipinski definition) is 3. The first kappa shape index (κ1) is 23.6. The third-order valence-electron chi connectivity index (χ3n) is 5.71. The van der Waals surface area contributed by atoms with Gasteiger partial charge in [0.05, 0.1) is 12.3 Å². The first-order valence-corrected chi connectivity index (χ1v) is 12.1. The first-order chi connectivity index (χ1) is 14.7. The molecule has 0 aromatic heterocycles. The van der Waals surface area contributed by atoms with Gasteiger partial charge in [0.1, 0.15) is 6.61 Å². The molecule has 0 unspecified atom stereocenters. The van der Waals surface area contributed by atoms with Crippen molar-refractivity contribution in [2.24, 2.45) is 10.9 Å². The van der Waals surface area contributed by atoms with Gasteiger partial charge in [-0.15, -0.1) is 0 Å². The summed E-state index contributed by atoms with van der Waals surface area (Å²) in [5.41, 5.74) is 9.84. The zero-order valence-electron chi connectivity index (χ0n) is 17.8. The summed E-state index contributed by atoms with van der Waals surface area (Å²) >= 11 is 0. The maximum atomic E-state index is 11.0. The SMILES string of the molecule is CC(=NOCCCc1ccccc1)c1ccc([C@H]2CC[C@](N)(COP(=O)(O)O)C2)cc1. The second-order valence-corrected chi connectivity index (χ2v) is 9.53. The maximum Gasteiger partial charge on any atom is 0.469 e. The lowest BCUT2D eigenvalue weighted by molar-refractivity contribution is 0.142. The maximum absolute atomic E-state index is 11.0. The van der Waals surface area contributed by atoms with Crippen LogP contribution in [-0.2, 0) is 20.3 Å². The minimum atomic E-state index is -4.51. The van der Waals surface area contributed by atoms with Crippen LogP contribution in [0.15, 0.2) is 59.8 Å². The van der Waals surface area contributed by atoms with Gasteiger partial charge in [0, 0.05) is 5.54 Å². The van der Waals surface area contributed by atoms with E-state index in [9.17, 15) is 4.57 Å². The fourth-order valence-electron chi connectivity index (χ4n) is 3.96. The number of benzene rings is 2. The number of hydrogen-bond acceptors (Lipinski definition) is 5. The van der Waals surface area contributed by atoms with E-state index >= 15 is 0 Å². The van der Waals surface area contributed by atoms with Gasteiger partial charge in [-0.3, -0.25) is 4.52 Å². The number of oxime groups is 1. The van der Waals surface area contributed by atoms with Gasteiger partial charge in [0.25, 0.3) is 0 Å². The molecular weight excluding hydrogens is 415 g/mol. The average Bonchev–Trinajstić information content (AvgIpc) is 3.15. The molecule has 1 saturated carbocycles. The molecule has 31 heavy (non-hydrogen) atoms. The molecule has 0 bridgehead atoms. The second-order valence-electron chi connectivity index (χ2n) is 8.29. The Kier molecular flexibility index (Phi) is 8.03. The lowest BCUT2D eigenvalue weighted by atomic mass is 9.93. The smallest absolute Gasteiger partial charge is 0.396 e. The number of rotatable bonds is 10. The monoisotopic (exact) mass is 446 g/mol. The summed E-state index contributed by atoms with van der Waals surface area (Å²) in [4.78, 5) is 23.3. The molecule has 0 spiro atoms. The minimum Gasteiger partial charge on any atom is -0.396 e. The van der Waals surface area contributed by atoms with Crippen LogP contribution in [0.4, 0.5) is 0 Å². The van der Waals surface area contributed by atoms with Crippen molar-refractivity contribution < 1.29 is 23.7 Å². The van der Waals surface area contributed by atoms with Crippen molar-refractivity contribution in [2.45, 2.75) is 50.5 Å². The lowest BCUT2D eigenvalue weighted by Crippen LogP contribution is -2.41. The Labute approximate surface area is 183 Å². The fourth-order valence-corrected chi connectivity index (χ4v) is 4.39. The zero-order chi connectivity index (χ0) is 22.3. The number of nitrogens with zero attached hydrogens (tertiary/aromatic N) is 1. The van der Waals surface area contributed by atoms with E-state index in [-0.39, 0.29) is 12.5 Å². The van der Waals surface area contributed by atoms with Crippen LogP contribution in [0.1, 0.15) is 55.2 Å². The van der Waals surface area contributed by atoms with Crippen molar-refractivity contribution in [1.82, 2.24) is 0 Å². The lowest BCUT2D eigenvalue weighted by Gasteiger charge is -2.24. The molecule has 8 heteroatoms. The highest BCUT2D eigenvalue weighted by Gasteiger charge is 2.38. The third kappa shape index (κ3) is 7.56. The molecule has 4 N–H and O–H groups in total. The molecule has 0 heterocycles. The van der Waals surface area contributed by atoms with Gasteiger partial charge in [0.2, 0.25) is 0 Å². The van der Waals surface area contributed by atoms with Crippen LogP contribution in [0.3, 0.4) is 0 Å². The summed E-state index contributed by atoms with van der Waals surface area (Å²) in [7, 11) is -4.51. The Bertz CT molecular complexity index is 913. The van der Waals surface area contributed by atoms with E-state index in [1.807, 2.05) is 37.3 Å². The molecule has 1 aliphatic rings. The van der Waals surface area contributed by atoms with Crippen molar-refractivity contribution in [3.8, 4) is 0 Å². The van der Waals surface area contributed by atoms with Crippen molar-refractivity contribution in [2.75, 3.05) is 13.2 Å². The molecule has 0 radical (unpaired) electrons. The largest absolute Gasteiger partial charge is 0.469 e. The van der Waals surface area contributed by atoms with Crippen LogP contribution in [0.2, 0.25) is 0 Å². The van der Waals surface area contributed by atoms with E-state index in [1.54, 1.807) is 0 Å². The van der Waals surface area contributed by atoms with E-state index < -0.39 is 13.4 Å². The molecule has 2 aromatic carbocycles. The zero-order valence-corrected chi connectivity index (χ0v) is 18.7. The van der Waals surface area contributed by atoms with Gasteiger partial charge in [-0.1, -0.05) is 59.8 Å². The van der Waals surface area contributed by atoms with Crippen molar-refractivity contribution in [3.05, 3.63) is 71.3 Å². The summed E-state index contributed by atoms with van der Waals surface area (Å²) in [6.45, 7) is 2.35. The predicted molar refractivity (Wildman–Crippen MR) is 121 cm³/mol. The molecule has 0 aliphatic heterocycles. The molecule has 168 valence electrons. The third-order valence-corrected chi connectivity index (χ3v) is 6.17. The van der Waals surface area contributed by atoms with Gasteiger partial charge < -0.3 is 20.4 Å². The van der Waals surface area contributed by atoms with Crippen LogP contribution >= 0.6 is 7.82 Å². The van der Waals surface area contributed by atoms with Crippen LogP contribution in [0, 0.1) is 0 Å². The number of aryl methyl sites for hydroxylation is 1. The Morgan fingerprint density at radius 3 is 2.58 bits per heavy atom. The molecule has 0 amide bonds. The van der Waals surface area contributed by atoms with E-state index in [0.29, 0.717) is 19.4 Å². The molecule has 1 fully saturated rings. The second kappa shape index (κ2) is 10.5. The molecule has 1 aliphatic carbocycles. The Morgan fingerprint density at radius 1 is 1.19 bits per heavy atom. The molecule has 2 aromatic rings.